The molecule has 0 aliphatic heterocycles. The van der Waals surface area contributed by atoms with E-state index in [1.165, 1.54) is 4.57 Å². The number of fused-ring (bicyclic) bond motifs is 1. The molecule has 11 nitrogen and oxygen atoms in total. The number of hydrogen-bond acceptors (Lipinski definition) is 7. The summed E-state index contributed by atoms with van der Waals surface area (Å²) in [6, 6.07) is -0.381. The highest BCUT2D eigenvalue weighted by atomic mass is 16.5. The van der Waals surface area contributed by atoms with Gasteiger partial charge in [0.1, 0.15) is 11.9 Å². The minimum absolute atomic E-state index is 0.0681. The quantitative estimate of drug-likeness (QED) is 0.390. The molecule has 1 saturated carbocycles. The van der Waals surface area contributed by atoms with E-state index in [0.717, 1.165) is 25.7 Å². The maximum absolute atomic E-state index is 13.0. The zero-order chi connectivity index (χ0) is 26.0. The standard InChI is InChI=1S/C25H37N7O4/c1-6-7-12-31-22-20(23(34)29-25(31)35)32(13-14(2)3)17(26-22)10-11-18(33)27-19(15(4)5)24-28-21(30-36-24)16-8-9-16/h14-16,19H,6-13H2,1-5H3,(H,27,33)(H,29,34,35). The molecule has 0 spiro atoms. The van der Waals surface area contributed by atoms with Gasteiger partial charge in [-0.15, -0.1) is 0 Å². The van der Waals surface area contributed by atoms with Crippen molar-refractivity contribution < 1.29 is 9.32 Å². The van der Waals surface area contributed by atoms with Crippen molar-refractivity contribution in [1.29, 1.82) is 0 Å². The summed E-state index contributed by atoms with van der Waals surface area (Å²) in [5, 5.41) is 7.11. The van der Waals surface area contributed by atoms with Gasteiger partial charge < -0.3 is 14.4 Å². The van der Waals surface area contributed by atoms with E-state index in [2.05, 4.69) is 34.3 Å². The SMILES string of the molecule is CCCCn1c(=O)[nH]c(=O)c2c1nc(CCC(=O)NC(c1nc(C3CC3)no1)C(C)C)n2CC(C)C. The van der Waals surface area contributed by atoms with E-state index in [9.17, 15) is 14.4 Å². The normalized spacial score (nSPS) is 14.8. The second-order valence-corrected chi connectivity index (χ2v) is 10.5. The monoisotopic (exact) mass is 499 g/mol. The molecule has 11 heteroatoms. The van der Waals surface area contributed by atoms with Crippen LogP contribution in [0.4, 0.5) is 0 Å². The van der Waals surface area contributed by atoms with Crippen LogP contribution in [0.1, 0.15) is 96.2 Å². The van der Waals surface area contributed by atoms with Crippen LogP contribution in [0.5, 0.6) is 0 Å². The number of hydrogen-bond donors (Lipinski definition) is 2. The Bertz CT molecular complexity index is 1330. The van der Waals surface area contributed by atoms with Gasteiger partial charge in [0.05, 0.1) is 0 Å². The Morgan fingerprint density at radius 1 is 1.17 bits per heavy atom. The van der Waals surface area contributed by atoms with Crippen LogP contribution in [-0.2, 0) is 24.3 Å². The number of amides is 1. The Kier molecular flexibility index (Phi) is 7.75. The van der Waals surface area contributed by atoms with Crippen molar-refractivity contribution >= 4 is 17.1 Å². The van der Waals surface area contributed by atoms with Gasteiger partial charge >= 0.3 is 5.69 Å². The number of rotatable bonds is 12. The second kappa shape index (κ2) is 10.8. The number of unbranched alkanes of at least 4 members (excludes halogenated alkanes) is 1. The molecule has 1 unspecified atom stereocenters. The van der Waals surface area contributed by atoms with Crippen LogP contribution in [0.25, 0.3) is 11.2 Å². The molecule has 3 heterocycles. The van der Waals surface area contributed by atoms with E-state index in [4.69, 9.17) is 9.51 Å². The summed E-state index contributed by atoms with van der Waals surface area (Å²) in [7, 11) is 0. The molecule has 36 heavy (non-hydrogen) atoms. The molecule has 1 fully saturated rings. The molecule has 3 aromatic rings. The van der Waals surface area contributed by atoms with Crippen LogP contribution in [0.15, 0.2) is 14.1 Å². The van der Waals surface area contributed by atoms with Gasteiger partial charge in [-0.3, -0.25) is 19.1 Å². The summed E-state index contributed by atoms with van der Waals surface area (Å²) in [5.41, 5.74) is -0.140. The molecule has 3 aromatic heterocycles. The van der Waals surface area contributed by atoms with Crippen molar-refractivity contribution in [3.05, 3.63) is 38.4 Å². The summed E-state index contributed by atoms with van der Waals surface area (Å²) in [5.74, 6) is 2.28. The molecule has 1 amide bonds. The summed E-state index contributed by atoms with van der Waals surface area (Å²) in [6.07, 6.45) is 4.35. The molecular formula is C25H37N7O4. The first kappa shape index (κ1) is 25.8. The fraction of sp³-hybridized carbons (Fsp3) is 0.680. The molecule has 196 valence electrons. The molecule has 2 N–H and O–H groups in total. The zero-order valence-electron chi connectivity index (χ0n) is 21.8. The number of aromatic amines is 1. The van der Waals surface area contributed by atoms with Gasteiger partial charge in [0.25, 0.3) is 5.56 Å². The highest BCUT2D eigenvalue weighted by molar-refractivity contribution is 5.77. The number of carbonyl (C=O) groups is 1. The lowest BCUT2D eigenvalue weighted by Crippen LogP contribution is -2.32. The molecule has 0 aromatic carbocycles. The minimum atomic E-state index is -0.454. The van der Waals surface area contributed by atoms with Crippen LogP contribution in [0.3, 0.4) is 0 Å². The summed E-state index contributed by atoms with van der Waals surface area (Å²) in [6.45, 7) is 11.2. The van der Waals surface area contributed by atoms with Crippen molar-refractivity contribution in [1.82, 2.24) is 34.6 Å². The van der Waals surface area contributed by atoms with Crippen LogP contribution in [-0.4, -0.2) is 35.1 Å². The number of nitrogens with one attached hydrogen (secondary N) is 2. The first-order valence-corrected chi connectivity index (χ1v) is 13.0. The maximum atomic E-state index is 13.0. The lowest BCUT2D eigenvalue weighted by Gasteiger charge is -2.18. The van der Waals surface area contributed by atoms with Gasteiger partial charge in [0.2, 0.25) is 11.8 Å². The largest absolute Gasteiger partial charge is 0.344 e. The molecule has 4 rings (SSSR count). The highest BCUT2D eigenvalue weighted by Gasteiger charge is 2.31. The lowest BCUT2D eigenvalue weighted by molar-refractivity contribution is -0.122. The molecular weight excluding hydrogens is 462 g/mol. The van der Waals surface area contributed by atoms with E-state index in [1.807, 2.05) is 25.3 Å². The van der Waals surface area contributed by atoms with Gasteiger partial charge in [0, 0.05) is 31.8 Å². The smallest absolute Gasteiger partial charge is 0.330 e. The van der Waals surface area contributed by atoms with E-state index >= 15 is 0 Å². The van der Waals surface area contributed by atoms with Gasteiger partial charge in [0.15, 0.2) is 17.0 Å². The number of aromatic nitrogens is 6. The molecule has 0 radical (unpaired) electrons. The Hall–Kier alpha value is -3.24. The van der Waals surface area contributed by atoms with Crippen molar-refractivity contribution in [2.75, 3.05) is 0 Å². The van der Waals surface area contributed by atoms with Gasteiger partial charge in [-0.25, -0.2) is 9.78 Å². The van der Waals surface area contributed by atoms with Crippen LogP contribution in [0, 0.1) is 11.8 Å². The third-order valence-electron chi connectivity index (χ3n) is 6.47. The second-order valence-electron chi connectivity index (χ2n) is 10.5. The average molecular weight is 500 g/mol. The van der Waals surface area contributed by atoms with E-state index in [0.29, 0.717) is 54.1 Å². The van der Waals surface area contributed by atoms with E-state index < -0.39 is 11.2 Å². The van der Waals surface area contributed by atoms with Crippen molar-refractivity contribution in [2.24, 2.45) is 11.8 Å². The average Bonchev–Trinajstić information content (AvgIpc) is 3.44. The number of imidazole rings is 1. The first-order chi connectivity index (χ1) is 17.2. The van der Waals surface area contributed by atoms with Gasteiger partial charge in [-0.2, -0.15) is 4.98 Å². The topological polar surface area (TPSA) is 141 Å². The molecule has 0 bridgehead atoms. The fourth-order valence-corrected chi connectivity index (χ4v) is 4.36. The lowest BCUT2D eigenvalue weighted by atomic mass is 10.0. The number of H-pyrrole nitrogens is 1. The number of carbonyl (C=O) groups excluding carboxylic acids is 1. The maximum Gasteiger partial charge on any atom is 0.330 e. The van der Waals surface area contributed by atoms with Gasteiger partial charge in [-0.05, 0) is 31.1 Å². The number of nitrogens with zero attached hydrogens (tertiary/aromatic N) is 5. The van der Waals surface area contributed by atoms with Crippen LogP contribution in [0.2, 0.25) is 0 Å². The molecule has 1 atom stereocenters. The summed E-state index contributed by atoms with van der Waals surface area (Å²) >= 11 is 0. The third kappa shape index (κ3) is 5.60. The Morgan fingerprint density at radius 3 is 2.56 bits per heavy atom. The van der Waals surface area contributed by atoms with Crippen LogP contribution < -0.4 is 16.6 Å². The van der Waals surface area contributed by atoms with Crippen molar-refractivity contribution in [3.63, 3.8) is 0 Å². The van der Waals surface area contributed by atoms with Crippen LogP contribution >= 0.6 is 0 Å². The molecule has 1 aliphatic carbocycles. The van der Waals surface area contributed by atoms with E-state index in [1.54, 1.807) is 0 Å². The fourth-order valence-electron chi connectivity index (χ4n) is 4.36. The van der Waals surface area contributed by atoms with Crippen molar-refractivity contribution in [2.45, 2.75) is 98.2 Å². The van der Waals surface area contributed by atoms with Gasteiger partial charge in [-0.1, -0.05) is 46.2 Å². The van der Waals surface area contributed by atoms with Crippen molar-refractivity contribution in [3.8, 4) is 0 Å². The predicted molar refractivity (Wildman–Crippen MR) is 135 cm³/mol. The predicted octanol–water partition coefficient (Wildman–Crippen LogP) is 3.05. The Balaban J connectivity index is 1.56. The Morgan fingerprint density at radius 2 is 1.92 bits per heavy atom. The first-order valence-electron chi connectivity index (χ1n) is 13.0. The zero-order valence-corrected chi connectivity index (χ0v) is 21.8. The third-order valence-corrected chi connectivity index (χ3v) is 6.47. The van der Waals surface area contributed by atoms with E-state index in [-0.39, 0.29) is 30.2 Å². The highest BCUT2D eigenvalue weighted by Crippen LogP contribution is 2.38. The Labute approximate surface area is 209 Å². The molecule has 1 aliphatic rings. The summed E-state index contributed by atoms with van der Waals surface area (Å²) < 4.78 is 8.85. The number of aryl methyl sites for hydroxylation is 2. The summed E-state index contributed by atoms with van der Waals surface area (Å²) in [4.78, 5) is 49.9. The molecule has 0 saturated heterocycles. The minimum Gasteiger partial charge on any atom is -0.344 e.